The molecule has 0 fully saturated rings. The highest BCUT2D eigenvalue weighted by atomic mass is 32.2. The highest BCUT2D eigenvalue weighted by Gasteiger charge is 2.02. The maximum Gasteiger partial charge on any atom is 0.100 e. The van der Waals surface area contributed by atoms with Crippen LogP contribution in [-0.2, 0) is 0 Å². The molecule has 74 valence electrons. The lowest BCUT2D eigenvalue weighted by Gasteiger charge is -2.03. The Bertz CT molecular complexity index is 344. The minimum absolute atomic E-state index is 0.209. The van der Waals surface area contributed by atoms with Crippen LogP contribution in [0.3, 0.4) is 0 Å². The van der Waals surface area contributed by atoms with E-state index in [1.54, 1.807) is 11.8 Å². The Hall–Kier alpha value is -0.980. The van der Waals surface area contributed by atoms with Crippen molar-refractivity contribution >= 4 is 11.8 Å². The van der Waals surface area contributed by atoms with Gasteiger partial charge in [-0.05, 0) is 31.0 Å². The van der Waals surface area contributed by atoms with E-state index in [0.29, 0.717) is 0 Å². The maximum absolute atomic E-state index is 8.85. The zero-order valence-corrected chi connectivity index (χ0v) is 8.97. The van der Waals surface area contributed by atoms with Crippen LogP contribution in [0.25, 0.3) is 0 Å². The highest BCUT2D eigenvalue weighted by Crippen LogP contribution is 2.23. The first kappa shape index (κ1) is 11.1. The van der Waals surface area contributed by atoms with E-state index >= 15 is 0 Å². The molecule has 0 atom stereocenters. The Balaban J connectivity index is 2.73. The summed E-state index contributed by atoms with van der Waals surface area (Å²) in [4.78, 5) is 1.01. The van der Waals surface area contributed by atoms with Gasteiger partial charge in [-0.25, -0.2) is 0 Å². The second kappa shape index (κ2) is 5.69. The molecule has 0 aliphatic carbocycles. The summed E-state index contributed by atoms with van der Waals surface area (Å²) in [6, 6.07) is 7.96. The summed E-state index contributed by atoms with van der Waals surface area (Å²) >= 11 is 1.63. The zero-order chi connectivity index (χ0) is 10.4. The number of aliphatic hydroxyl groups is 1. The summed E-state index contributed by atoms with van der Waals surface area (Å²) in [5.74, 6) is 0.856. The Labute approximate surface area is 88.6 Å². The van der Waals surface area contributed by atoms with Crippen LogP contribution in [0.2, 0.25) is 0 Å². The summed E-state index contributed by atoms with van der Waals surface area (Å²) in [6.07, 6.45) is 0.767. The van der Waals surface area contributed by atoms with Gasteiger partial charge < -0.3 is 5.11 Å². The number of aliphatic hydroxyl groups excluding tert-OH is 1. The lowest BCUT2D eigenvalue weighted by atomic mass is 10.2. The van der Waals surface area contributed by atoms with Gasteiger partial charge in [-0.3, -0.25) is 0 Å². The van der Waals surface area contributed by atoms with Crippen LogP contribution < -0.4 is 0 Å². The summed E-state index contributed by atoms with van der Waals surface area (Å²) in [5.41, 5.74) is 1.88. The van der Waals surface area contributed by atoms with E-state index in [0.717, 1.165) is 28.2 Å². The SMILES string of the molecule is Cc1ccc(C#N)c(SCCCO)c1. The van der Waals surface area contributed by atoms with Crippen molar-refractivity contribution in [2.24, 2.45) is 0 Å². The molecule has 3 heteroatoms. The van der Waals surface area contributed by atoms with E-state index in [2.05, 4.69) is 6.07 Å². The molecule has 0 saturated carbocycles. The molecule has 1 aromatic rings. The van der Waals surface area contributed by atoms with Gasteiger partial charge in [0.15, 0.2) is 0 Å². The first-order valence-electron chi connectivity index (χ1n) is 4.52. The van der Waals surface area contributed by atoms with E-state index in [1.807, 2.05) is 25.1 Å². The normalized spacial score (nSPS) is 9.79. The fourth-order valence-corrected chi connectivity index (χ4v) is 2.12. The molecule has 0 saturated heterocycles. The van der Waals surface area contributed by atoms with E-state index < -0.39 is 0 Å². The third-order valence-corrected chi connectivity index (χ3v) is 2.96. The average molecular weight is 207 g/mol. The molecule has 1 rings (SSSR count). The number of nitriles is 1. The second-order valence-electron chi connectivity index (χ2n) is 3.04. The number of benzene rings is 1. The molecule has 0 aliphatic heterocycles. The van der Waals surface area contributed by atoms with Gasteiger partial charge in [-0.2, -0.15) is 5.26 Å². The largest absolute Gasteiger partial charge is 0.396 e. The van der Waals surface area contributed by atoms with E-state index in [4.69, 9.17) is 10.4 Å². The molecular formula is C11H13NOS. The minimum atomic E-state index is 0.209. The molecule has 0 bridgehead atoms. The smallest absolute Gasteiger partial charge is 0.100 e. The molecule has 0 aliphatic rings. The summed E-state index contributed by atoms with van der Waals surface area (Å²) in [5, 5.41) is 17.5. The first-order chi connectivity index (χ1) is 6.77. The molecule has 0 aromatic heterocycles. The lowest BCUT2D eigenvalue weighted by molar-refractivity contribution is 0.296. The molecule has 0 heterocycles. The van der Waals surface area contributed by atoms with Crippen molar-refractivity contribution in [2.75, 3.05) is 12.4 Å². The van der Waals surface area contributed by atoms with Crippen molar-refractivity contribution in [3.63, 3.8) is 0 Å². The van der Waals surface area contributed by atoms with Crippen molar-refractivity contribution < 1.29 is 5.11 Å². The molecule has 1 N–H and O–H groups in total. The maximum atomic E-state index is 8.85. The average Bonchev–Trinajstić information content (AvgIpc) is 2.19. The van der Waals surface area contributed by atoms with Crippen LogP contribution in [0.1, 0.15) is 17.5 Å². The molecule has 1 aromatic carbocycles. The highest BCUT2D eigenvalue weighted by molar-refractivity contribution is 7.99. The van der Waals surface area contributed by atoms with Gasteiger partial charge in [0.1, 0.15) is 6.07 Å². The fraction of sp³-hybridized carbons (Fsp3) is 0.364. The first-order valence-corrected chi connectivity index (χ1v) is 5.51. The minimum Gasteiger partial charge on any atom is -0.396 e. The fourth-order valence-electron chi connectivity index (χ4n) is 1.09. The molecule has 14 heavy (non-hydrogen) atoms. The number of rotatable bonds is 4. The Morgan fingerprint density at radius 1 is 1.50 bits per heavy atom. The van der Waals surface area contributed by atoms with Crippen molar-refractivity contribution in [1.29, 1.82) is 5.26 Å². The van der Waals surface area contributed by atoms with Crippen LogP contribution in [0.5, 0.6) is 0 Å². The van der Waals surface area contributed by atoms with E-state index in [9.17, 15) is 0 Å². The Kier molecular flexibility index (Phi) is 4.51. The molecule has 0 spiro atoms. The number of nitrogens with zero attached hydrogens (tertiary/aromatic N) is 1. The second-order valence-corrected chi connectivity index (χ2v) is 4.17. The van der Waals surface area contributed by atoms with E-state index in [1.165, 1.54) is 0 Å². The Morgan fingerprint density at radius 3 is 2.93 bits per heavy atom. The molecule has 0 amide bonds. The van der Waals surface area contributed by atoms with Gasteiger partial charge in [0.2, 0.25) is 0 Å². The number of hydrogen-bond acceptors (Lipinski definition) is 3. The van der Waals surface area contributed by atoms with Gasteiger partial charge in [-0.1, -0.05) is 6.07 Å². The van der Waals surface area contributed by atoms with E-state index in [-0.39, 0.29) is 6.61 Å². The van der Waals surface area contributed by atoms with Crippen molar-refractivity contribution in [3.05, 3.63) is 29.3 Å². The van der Waals surface area contributed by atoms with Crippen LogP contribution >= 0.6 is 11.8 Å². The summed E-state index contributed by atoms with van der Waals surface area (Å²) < 4.78 is 0. The summed E-state index contributed by atoms with van der Waals surface area (Å²) in [6.45, 7) is 2.22. The van der Waals surface area contributed by atoms with Gasteiger partial charge in [0, 0.05) is 17.3 Å². The molecule has 2 nitrogen and oxygen atoms in total. The monoisotopic (exact) mass is 207 g/mol. The molecule has 0 radical (unpaired) electrons. The van der Waals surface area contributed by atoms with Crippen LogP contribution in [-0.4, -0.2) is 17.5 Å². The quantitative estimate of drug-likeness (QED) is 0.609. The number of aryl methyl sites for hydroxylation is 1. The Morgan fingerprint density at radius 2 is 2.29 bits per heavy atom. The number of hydrogen-bond donors (Lipinski definition) is 1. The van der Waals surface area contributed by atoms with Gasteiger partial charge >= 0.3 is 0 Å². The van der Waals surface area contributed by atoms with Gasteiger partial charge in [0.05, 0.1) is 5.56 Å². The van der Waals surface area contributed by atoms with Crippen LogP contribution in [0.4, 0.5) is 0 Å². The zero-order valence-electron chi connectivity index (χ0n) is 8.16. The number of thioether (sulfide) groups is 1. The van der Waals surface area contributed by atoms with Gasteiger partial charge in [0.25, 0.3) is 0 Å². The third kappa shape index (κ3) is 3.06. The van der Waals surface area contributed by atoms with Crippen molar-refractivity contribution in [2.45, 2.75) is 18.2 Å². The van der Waals surface area contributed by atoms with Gasteiger partial charge in [-0.15, -0.1) is 11.8 Å². The van der Waals surface area contributed by atoms with Crippen LogP contribution in [0.15, 0.2) is 23.1 Å². The van der Waals surface area contributed by atoms with Crippen molar-refractivity contribution in [1.82, 2.24) is 0 Å². The predicted molar refractivity (Wildman–Crippen MR) is 58.3 cm³/mol. The molecule has 0 unspecified atom stereocenters. The molecular weight excluding hydrogens is 194 g/mol. The predicted octanol–water partition coefficient (Wildman–Crippen LogP) is 2.34. The van der Waals surface area contributed by atoms with Crippen LogP contribution in [0, 0.1) is 18.3 Å². The standard InChI is InChI=1S/C11H13NOS/c1-9-3-4-10(8-12)11(7-9)14-6-2-5-13/h3-4,7,13H,2,5-6H2,1H3. The third-order valence-electron chi connectivity index (χ3n) is 1.82. The summed E-state index contributed by atoms with van der Waals surface area (Å²) in [7, 11) is 0. The van der Waals surface area contributed by atoms with Crippen molar-refractivity contribution in [3.8, 4) is 6.07 Å². The lowest BCUT2D eigenvalue weighted by Crippen LogP contribution is -1.88. The topological polar surface area (TPSA) is 44.0 Å².